The Morgan fingerprint density at radius 1 is 1.12 bits per heavy atom. The summed E-state index contributed by atoms with van der Waals surface area (Å²) in [5.74, 6) is 0.811. The fourth-order valence-electron chi connectivity index (χ4n) is 2.84. The van der Waals surface area contributed by atoms with Crippen LogP contribution in [0.4, 0.5) is 0 Å². The van der Waals surface area contributed by atoms with Crippen molar-refractivity contribution in [1.29, 1.82) is 0 Å². The third-order valence-electron chi connectivity index (χ3n) is 3.91. The zero-order valence-electron chi connectivity index (χ0n) is 10.2. The van der Waals surface area contributed by atoms with Gasteiger partial charge in [-0.3, -0.25) is 0 Å². The van der Waals surface area contributed by atoms with Gasteiger partial charge >= 0.3 is 0 Å². The number of aryl methyl sites for hydroxylation is 2. The monoisotopic (exact) mass is 232 g/mol. The van der Waals surface area contributed by atoms with Gasteiger partial charge in [0, 0.05) is 17.8 Å². The predicted octanol–water partition coefficient (Wildman–Crippen LogP) is 2.22. The fourth-order valence-corrected chi connectivity index (χ4v) is 2.84. The lowest BCUT2D eigenvalue weighted by atomic mass is 9.94. The molecule has 1 fully saturated rings. The molecule has 3 nitrogen and oxygen atoms in total. The van der Waals surface area contributed by atoms with E-state index in [-0.39, 0.29) is 0 Å². The molecule has 92 valence electrons. The maximum Gasteiger partial charge on any atom is 0.213 e. The second-order valence-electron chi connectivity index (χ2n) is 5.26. The van der Waals surface area contributed by atoms with Crippen molar-refractivity contribution in [1.82, 2.24) is 4.98 Å². The van der Waals surface area contributed by atoms with Crippen molar-refractivity contribution in [2.75, 3.05) is 0 Å². The Bertz CT molecular complexity index is 397. The van der Waals surface area contributed by atoms with E-state index in [1.54, 1.807) is 0 Å². The first kappa shape index (κ1) is 11.0. The van der Waals surface area contributed by atoms with Crippen molar-refractivity contribution in [2.45, 2.75) is 57.1 Å². The van der Waals surface area contributed by atoms with Gasteiger partial charge in [-0.2, -0.15) is 0 Å². The van der Waals surface area contributed by atoms with Crippen LogP contribution in [0.5, 0.6) is 5.88 Å². The Balaban J connectivity index is 1.65. The standard InChI is InChI=1S/C14H20N2O/c15-11-5-7-12(8-6-11)17-14-9-4-10-2-1-3-13(10)16-14/h4,9,11-12H,1-3,5-8,15H2. The van der Waals surface area contributed by atoms with Gasteiger partial charge in [0.25, 0.3) is 0 Å². The highest BCUT2D eigenvalue weighted by molar-refractivity contribution is 5.29. The molecule has 1 aromatic rings. The third kappa shape index (κ3) is 2.44. The summed E-state index contributed by atoms with van der Waals surface area (Å²) in [7, 11) is 0. The van der Waals surface area contributed by atoms with E-state index >= 15 is 0 Å². The minimum Gasteiger partial charge on any atom is -0.474 e. The van der Waals surface area contributed by atoms with Crippen molar-refractivity contribution in [2.24, 2.45) is 5.73 Å². The molecule has 2 N–H and O–H groups in total. The summed E-state index contributed by atoms with van der Waals surface area (Å²) in [4.78, 5) is 4.61. The number of hydrogen-bond donors (Lipinski definition) is 1. The van der Waals surface area contributed by atoms with Gasteiger partial charge in [-0.25, -0.2) is 4.98 Å². The minimum atomic E-state index is 0.321. The Morgan fingerprint density at radius 3 is 2.76 bits per heavy atom. The SMILES string of the molecule is NC1CCC(Oc2ccc3c(n2)CCC3)CC1. The lowest BCUT2D eigenvalue weighted by molar-refractivity contribution is 0.141. The minimum absolute atomic E-state index is 0.321. The highest BCUT2D eigenvalue weighted by Crippen LogP contribution is 2.25. The fraction of sp³-hybridized carbons (Fsp3) is 0.643. The molecule has 0 atom stereocenters. The molecule has 1 heterocycles. The predicted molar refractivity (Wildman–Crippen MR) is 67.1 cm³/mol. The average Bonchev–Trinajstić information content (AvgIpc) is 2.79. The number of hydrogen-bond acceptors (Lipinski definition) is 3. The number of ether oxygens (including phenoxy) is 1. The Labute approximate surface area is 102 Å². The van der Waals surface area contributed by atoms with Gasteiger partial charge in [0.1, 0.15) is 6.10 Å². The quantitative estimate of drug-likeness (QED) is 0.850. The summed E-state index contributed by atoms with van der Waals surface area (Å²) in [6.45, 7) is 0. The van der Waals surface area contributed by atoms with E-state index in [4.69, 9.17) is 10.5 Å². The van der Waals surface area contributed by atoms with Crippen LogP contribution in [-0.4, -0.2) is 17.1 Å². The first-order valence-electron chi connectivity index (χ1n) is 6.72. The maximum atomic E-state index is 5.96. The largest absolute Gasteiger partial charge is 0.474 e. The van der Waals surface area contributed by atoms with Crippen molar-refractivity contribution in [3.63, 3.8) is 0 Å². The lowest BCUT2D eigenvalue weighted by Crippen LogP contribution is -2.31. The molecule has 0 bridgehead atoms. The normalized spacial score (nSPS) is 27.8. The number of pyridine rings is 1. The van der Waals surface area contributed by atoms with Gasteiger partial charge in [0.2, 0.25) is 5.88 Å². The van der Waals surface area contributed by atoms with E-state index in [0.717, 1.165) is 38.0 Å². The highest BCUT2D eigenvalue weighted by Gasteiger charge is 2.21. The number of rotatable bonds is 2. The smallest absolute Gasteiger partial charge is 0.213 e. The topological polar surface area (TPSA) is 48.1 Å². The zero-order valence-corrected chi connectivity index (χ0v) is 10.2. The summed E-state index contributed by atoms with van der Waals surface area (Å²) in [6.07, 6.45) is 8.15. The van der Waals surface area contributed by atoms with Crippen LogP contribution >= 0.6 is 0 Å². The second kappa shape index (κ2) is 4.65. The van der Waals surface area contributed by atoms with E-state index in [2.05, 4.69) is 11.1 Å². The Kier molecular flexibility index (Phi) is 3.02. The van der Waals surface area contributed by atoms with E-state index in [1.165, 1.54) is 24.1 Å². The Hall–Kier alpha value is -1.09. The molecule has 0 amide bonds. The number of nitrogens with two attached hydrogens (primary N) is 1. The average molecular weight is 232 g/mol. The van der Waals surface area contributed by atoms with E-state index in [9.17, 15) is 0 Å². The van der Waals surface area contributed by atoms with E-state index in [1.807, 2.05) is 6.07 Å². The van der Waals surface area contributed by atoms with Gasteiger partial charge in [-0.05, 0) is 50.5 Å². The van der Waals surface area contributed by atoms with Gasteiger partial charge in [0.15, 0.2) is 0 Å². The summed E-state index contributed by atoms with van der Waals surface area (Å²) >= 11 is 0. The first-order valence-corrected chi connectivity index (χ1v) is 6.72. The van der Waals surface area contributed by atoms with Crippen LogP contribution in [0, 0.1) is 0 Å². The lowest BCUT2D eigenvalue weighted by Gasteiger charge is -2.26. The molecular weight excluding hydrogens is 212 g/mol. The van der Waals surface area contributed by atoms with E-state index < -0.39 is 0 Å². The van der Waals surface area contributed by atoms with Crippen LogP contribution in [-0.2, 0) is 12.8 Å². The molecule has 0 saturated heterocycles. The number of nitrogens with zero attached hydrogens (tertiary/aromatic N) is 1. The molecule has 1 saturated carbocycles. The molecule has 17 heavy (non-hydrogen) atoms. The van der Waals surface area contributed by atoms with Crippen LogP contribution < -0.4 is 10.5 Å². The van der Waals surface area contributed by atoms with Gasteiger partial charge in [-0.15, -0.1) is 0 Å². The zero-order chi connectivity index (χ0) is 11.7. The molecule has 2 aliphatic carbocycles. The van der Waals surface area contributed by atoms with Crippen molar-refractivity contribution in [3.8, 4) is 5.88 Å². The van der Waals surface area contributed by atoms with E-state index in [0.29, 0.717) is 12.1 Å². The van der Waals surface area contributed by atoms with Crippen LogP contribution in [0.15, 0.2) is 12.1 Å². The van der Waals surface area contributed by atoms with Crippen LogP contribution in [0.3, 0.4) is 0 Å². The van der Waals surface area contributed by atoms with Gasteiger partial charge in [0.05, 0.1) is 0 Å². The summed E-state index contributed by atoms with van der Waals surface area (Å²) in [6, 6.07) is 4.58. The second-order valence-corrected chi connectivity index (χ2v) is 5.26. The molecule has 3 rings (SSSR count). The van der Waals surface area contributed by atoms with Gasteiger partial charge < -0.3 is 10.5 Å². The first-order chi connectivity index (χ1) is 8.31. The maximum absolute atomic E-state index is 5.96. The van der Waals surface area contributed by atoms with Crippen LogP contribution in [0.25, 0.3) is 0 Å². The number of aromatic nitrogens is 1. The van der Waals surface area contributed by atoms with Gasteiger partial charge in [-0.1, -0.05) is 6.07 Å². The Morgan fingerprint density at radius 2 is 1.94 bits per heavy atom. The number of fused-ring (bicyclic) bond motifs is 1. The molecule has 0 aliphatic heterocycles. The summed E-state index contributed by atoms with van der Waals surface area (Å²) < 4.78 is 5.96. The molecule has 3 heteroatoms. The van der Waals surface area contributed by atoms with Crippen LogP contribution in [0.1, 0.15) is 43.4 Å². The van der Waals surface area contributed by atoms with Crippen molar-refractivity contribution in [3.05, 3.63) is 23.4 Å². The summed E-state index contributed by atoms with van der Waals surface area (Å²) in [5.41, 5.74) is 8.54. The third-order valence-corrected chi connectivity index (χ3v) is 3.91. The molecule has 0 radical (unpaired) electrons. The molecule has 0 unspecified atom stereocenters. The van der Waals surface area contributed by atoms with Crippen molar-refractivity contribution >= 4 is 0 Å². The van der Waals surface area contributed by atoms with Crippen molar-refractivity contribution < 1.29 is 4.74 Å². The molecule has 0 aromatic carbocycles. The molecule has 0 spiro atoms. The molecule has 2 aliphatic rings. The molecule has 1 aromatic heterocycles. The van der Waals surface area contributed by atoms with Crippen LogP contribution in [0.2, 0.25) is 0 Å². The molecular formula is C14H20N2O. The highest BCUT2D eigenvalue weighted by atomic mass is 16.5. The summed E-state index contributed by atoms with van der Waals surface area (Å²) in [5, 5.41) is 0.